The topological polar surface area (TPSA) is 22.1 Å². The highest BCUT2D eigenvalue weighted by Crippen LogP contribution is 2.35. The minimum Gasteiger partial charge on any atom is -0.471 e. The van der Waals surface area contributed by atoms with Crippen LogP contribution in [0.25, 0.3) is 0 Å². The van der Waals surface area contributed by atoms with Gasteiger partial charge in [0.05, 0.1) is 0 Å². The average molecular weight is 227 g/mol. The lowest BCUT2D eigenvalue weighted by Crippen LogP contribution is -2.41. The largest absolute Gasteiger partial charge is 0.471 e. The van der Waals surface area contributed by atoms with Crippen LogP contribution in [0, 0.1) is 0 Å². The van der Waals surface area contributed by atoms with Gasteiger partial charge in [-0.25, -0.2) is 4.98 Å². The zero-order valence-corrected chi connectivity index (χ0v) is 7.26. The van der Waals surface area contributed by atoms with E-state index in [9.17, 15) is 22.0 Å². The molecule has 2 nitrogen and oxygen atoms in total. The molecule has 0 atom stereocenters. The summed E-state index contributed by atoms with van der Waals surface area (Å²) in [5, 5.41) is 0. The summed E-state index contributed by atoms with van der Waals surface area (Å²) in [6.45, 7) is -1.77. The molecule has 0 fully saturated rings. The molecule has 0 aliphatic heterocycles. The van der Waals surface area contributed by atoms with Crippen LogP contribution in [-0.2, 0) is 0 Å². The van der Waals surface area contributed by atoms with Gasteiger partial charge in [0, 0.05) is 12.3 Å². The van der Waals surface area contributed by atoms with Gasteiger partial charge in [-0.15, -0.1) is 0 Å². The molecule has 0 saturated carbocycles. The zero-order valence-electron chi connectivity index (χ0n) is 7.26. The van der Waals surface area contributed by atoms with E-state index in [-0.39, 0.29) is 5.88 Å². The van der Waals surface area contributed by atoms with Gasteiger partial charge in [-0.05, 0) is 6.07 Å². The van der Waals surface area contributed by atoms with Gasteiger partial charge >= 0.3 is 12.1 Å². The lowest BCUT2D eigenvalue weighted by atomic mass is 10.3. The van der Waals surface area contributed by atoms with Crippen LogP contribution in [0.1, 0.15) is 0 Å². The number of hydrogen-bond acceptors (Lipinski definition) is 2. The number of rotatable bonds is 3. The number of halogens is 5. The van der Waals surface area contributed by atoms with Gasteiger partial charge in [-0.2, -0.15) is 22.0 Å². The van der Waals surface area contributed by atoms with Crippen LogP contribution in [0.2, 0.25) is 0 Å². The van der Waals surface area contributed by atoms with Crippen molar-refractivity contribution in [3.05, 3.63) is 24.4 Å². The summed E-state index contributed by atoms with van der Waals surface area (Å²) in [6.07, 6.45) is -4.39. The molecular formula is C8H6F5NO. The van der Waals surface area contributed by atoms with Gasteiger partial charge in [0.25, 0.3) is 0 Å². The molecule has 84 valence electrons. The molecule has 1 rings (SSSR count). The van der Waals surface area contributed by atoms with Gasteiger partial charge in [0.1, 0.15) is 0 Å². The zero-order chi connectivity index (χ0) is 11.5. The van der Waals surface area contributed by atoms with E-state index >= 15 is 0 Å². The summed E-state index contributed by atoms with van der Waals surface area (Å²) in [5.41, 5.74) is 0. The Balaban J connectivity index is 2.58. The lowest BCUT2D eigenvalue weighted by molar-refractivity contribution is -0.290. The number of pyridine rings is 1. The average Bonchev–Trinajstić information content (AvgIpc) is 2.15. The molecule has 0 aliphatic carbocycles. The number of alkyl halides is 5. The van der Waals surface area contributed by atoms with Gasteiger partial charge in [0.2, 0.25) is 5.88 Å². The fraction of sp³-hybridized carbons (Fsp3) is 0.375. The second-order valence-electron chi connectivity index (χ2n) is 2.66. The molecule has 0 amide bonds. The summed E-state index contributed by atoms with van der Waals surface area (Å²) in [4.78, 5) is 3.44. The first-order valence-electron chi connectivity index (χ1n) is 3.81. The van der Waals surface area contributed by atoms with Gasteiger partial charge < -0.3 is 4.74 Å². The molecule has 0 bridgehead atoms. The maximum absolute atomic E-state index is 12.3. The molecule has 0 aromatic carbocycles. The van der Waals surface area contributed by atoms with E-state index in [4.69, 9.17) is 0 Å². The maximum Gasteiger partial charge on any atom is 0.456 e. The molecule has 1 aromatic heterocycles. The number of aromatic nitrogens is 1. The molecule has 0 unspecified atom stereocenters. The normalized spacial score (nSPS) is 12.6. The van der Waals surface area contributed by atoms with Crippen molar-refractivity contribution in [3.63, 3.8) is 0 Å². The Hall–Kier alpha value is -1.40. The molecule has 1 aromatic rings. The highest BCUT2D eigenvalue weighted by Gasteiger charge is 2.58. The SMILES string of the molecule is FC(F)(F)C(F)(F)COc1ccccn1. The first-order chi connectivity index (χ1) is 6.83. The van der Waals surface area contributed by atoms with Gasteiger partial charge in [-0.3, -0.25) is 0 Å². The first kappa shape index (κ1) is 11.7. The van der Waals surface area contributed by atoms with Crippen LogP contribution < -0.4 is 4.74 Å². The van der Waals surface area contributed by atoms with Crippen LogP contribution in [0.3, 0.4) is 0 Å². The van der Waals surface area contributed by atoms with Crippen molar-refractivity contribution < 1.29 is 26.7 Å². The third-order valence-corrected chi connectivity index (χ3v) is 1.45. The molecule has 15 heavy (non-hydrogen) atoms. The Morgan fingerprint density at radius 2 is 1.80 bits per heavy atom. The van der Waals surface area contributed by atoms with Crippen molar-refractivity contribution >= 4 is 0 Å². The van der Waals surface area contributed by atoms with Crippen LogP contribution >= 0.6 is 0 Å². The minimum atomic E-state index is -5.61. The third-order valence-electron chi connectivity index (χ3n) is 1.45. The Kier molecular flexibility index (Phi) is 3.11. The first-order valence-corrected chi connectivity index (χ1v) is 3.81. The Morgan fingerprint density at radius 1 is 1.13 bits per heavy atom. The van der Waals surface area contributed by atoms with Crippen molar-refractivity contribution in [2.75, 3.05) is 6.61 Å². The molecule has 0 saturated heterocycles. The molecule has 7 heteroatoms. The van der Waals surface area contributed by atoms with E-state index in [0.29, 0.717) is 0 Å². The van der Waals surface area contributed by atoms with Crippen molar-refractivity contribution in [2.24, 2.45) is 0 Å². The number of ether oxygens (including phenoxy) is 1. The fourth-order valence-electron chi connectivity index (χ4n) is 0.679. The van der Waals surface area contributed by atoms with Crippen LogP contribution in [0.15, 0.2) is 24.4 Å². The summed E-state index contributed by atoms with van der Waals surface area (Å²) in [5.74, 6) is -5.15. The summed E-state index contributed by atoms with van der Waals surface area (Å²) >= 11 is 0. The second-order valence-corrected chi connectivity index (χ2v) is 2.66. The lowest BCUT2D eigenvalue weighted by Gasteiger charge is -2.19. The Labute approximate surface area is 81.7 Å². The van der Waals surface area contributed by atoms with E-state index in [0.717, 1.165) is 0 Å². The summed E-state index contributed by atoms with van der Waals surface area (Å²) < 4.78 is 64.0. The molecule has 0 radical (unpaired) electrons. The van der Waals surface area contributed by atoms with Crippen LogP contribution in [0.4, 0.5) is 22.0 Å². The highest BCUT2D eigenvalue weighted by atomic mass is 19.4. The molecule has 0 N–H and O–H groups in total. The summed E-state index contributed by atoms with van der Waals surface area (Å²) in [7, 11) is 0. The van der Waals surface area contributed by atoms with Crippen LogP contribution in [-0.4, -0.2) is 23.7 Å². The predicted molar refractivity (Wildman–Crippen MR) is 40.7 cm³/mol. The monoisotopic (exact) mass is 227 g/mol. The van der Waals surface area contributed by atoms with Crippen molar-refractivity contribution in [2.45, 2.75) is 12.1 Å². The van der Waals surface area contributed by atoms with Gasteiger partial charge in [-0.1, -0.05) is 6.07 Å². The highest BCUT2D eigenvalue weighted by molar-refractivity contribution is 5.09. The Morgan fingerprint density at radius 3 is 2.27 bits per heavy atom. The van der Waals surface area contributed by atoms with Crippen molar-refractivity contribution in [1.29, 1.82) is 0 Å². The number of hydrogen-bond donors (Lipinski definition) is 0. The molecule has 0 spiro atoms. The Bertz CT molecular complexity index is 311. The second kappa shape index (κ2) is 4.00. The smallest absolute Gasteiger partial charge is 0.456 e. The molecule has 1 heterocycles. The van der Waals surface area contributed by atoms with Crippen molar-refractivity contribution in [1.82, 2.24) is 4.98 Å². The van der Waals surface area contributed by atoms with E-state index in [1.807, 2.05) is 0 Å². The molecule has 0 aliphatic rings. The van der Waals surface area contributed by atoms with E-state index < -0.39 is 18.7 Å². The third kappa shape index (κ3) is 3.03. The predicted octanol–water partition coefficient (Wildman–Crippen LogP) is 2.66. The van der Waals surface area contributed by atoms with E-state index in [2.05, 4.69) is 9.72 Å². The van der Waals surface area contributed by atoms with Gasteiger partial charge in [0.15, 0.2) is 6.61 Å². The molecular weight excluding hydrogens is 221 g/mol. The van der Waals surface area contributed by atoms with Crippen LogP contribution in [0.5, 0.6) is 5.88 Å². The fourth-order valence-corrected chi connectivity index (χ4v) is 0.679. The maximum atomic E-state index is 12.3. The van der Waals surface area contributed by atoms with Crippen molar-refractivity contribution in [3.8, 4) is 5.88 Å². The standard InChI is InChI=1S/C8H6F5NO/c9-7(10,8(11,12)13)5-15-6-3-1-2-4-14-6/h1-4H,5H2. The number of nitrogens with zero attached hydrogens (tertiary/aromatic N) is 1. The summed E-state index contributed by atoms with van der Waals surface area (Å²) in [6, 6.07) is 4.08. The van der Waals surface area contributed by atoms with E-state index in [1.165, 1.54) is 24.4 Å². The quantitative estimate of drug-likeness (QED) is 0.740. The van der Waals surface area contributed by atoms with E-state index in [1.54, 1.807) is 0 Å². The minimum absolute atomic E-state index is 0.276.